The zero-order valence-electron chi connectivity index (χ0n) is 13.0. The molecular weight excluding hydrogens is 260 g/mol. The van der Waals surface area contributed by atoms with Crippen molar-refractivity contribution in [1.82, 2.24) is 0 Å². The van der Waals surface area contributed by atoms with Crippen molar-refractivity contribution in [2.24, 2.45) is 0 Å². The van der Waals surface area contributed by atoms with E-state index in [1.54, 1.807) is 0 Å². The van der Waals surface area contributed by atoms with Crippen molar-refractivity contribution in [2.75, 3.05) is 0 Å². The minimum absolute atomic E-state index is 0.0479. The lowest BCUT2D eigenvalue weighted by Gasteiger charge is -2.30. The molecule has 0 fully saturated rings. The maximum atomic E-state index is 12.4. The molecule has 1 aromatic carbocycles. The first-order chi connectivity index (χ1) is 10.1. The van der Waals surface area contributed by atoms with E-state index in [-0.39, 0.29) is 17.8 Å². The van der Waals surface area contributed by atoms with Crippen molar-refractivity contribution in [3.05, 3.63) is 47.2 Å². The molecule has 1 unspecified atom stereocenters. The summed E-state index contributed by atoms with van der Waals surface area (Å²) in [5.41, 5.74) is 1.55. The van der Waals surface area contributed by atoms with Gasteiger partial charge in [0, 0.05) is 6.42 Å². The highest BCUT2D eigenvalue weighted by molar-refractivity contribution is 6.13. The van der Waals surface area contributed by atoms with Crippen LogP contribution in [0.15, 0.2) is 41.7 Å². The van der Waals surface area contributed by atoms with Gasteiger partial charge in [-0.2, -0.15) is 0 Å². The monoisotopic (exact) mass is 282 g/mol. The van der Waals surface area contributed by atoms with Gasteiger partial charge in [-0.15, -0.1) is 0 Å². The summed E-state index contributed by atoms with van der Waals surface area (Å²) in [5.74, 6) is 6.65. The molecule has 0 spiro atoms. The molecule has 2 nitrogen and oxygen atoms in total. The minimum atomic E-state index is -0.274. The predicted molar refractivity (Wildman–Crippen MR) is 84.7 cm³/mol. The molecule has 1 aromatic rings. The Morgan fingerprint density at radius 3 is 2.57 bits per heavy atom. The van der Waals surface area contributed by atoms with E-state index in [9.17, 15) is 4.79 Å². The van der Waals surface area contributed by atoms with E-state index in [1.807, 2.05) is 44.2 Å². The van der Waals surface area contributed by atoms with Crippen molar-refractivity contribution in [2.45, 2.75) is 52.1 Å². The predicted octanol–water partition coefficient (Wildman–Crippen LogP) is 4.23. The van der Waals surface area contributed by atoms with Crippen LogP contribution in [0.1, 0.15) is 51.5 Å². The fraction of sp³-hybridized carbons (Fsp3) is 0.421. The lowest BCUT2D eigenvalue weighted by molar-refractivity contribution is -0.119. The molecule has 1 aliphatic rings. The van der Waals surface area contributed by atoms with Gasteiger partial charge in [-0.3, -0.25) is 4.79 Å². The van der Waals surface area contributed by atoms with Gasteiger partial charge in [0.25, 0.3) is 0 Å². The molecule has 21 heavy (non-hydrogen) atoms. The van der Waals surface area contributed by atoms with Gasteiger partial charge < -0.3 is 4.74 Å². The first-order valence-electron chi connectivity index (χ1n) is 7.64. The van der Waals surface area contributed by atoms with E-state index in [0.717, 1.165) is 30.6 Å². The summed E-state index contributed by atoms with van der Waals surface area (Å²) in [5, 5.41) is 0. The van der Waals surface area contributed by atoms with E-state index in [1.165, 1.54) is 0 Å². The molecule has 0 saturated heterocycles. The molecule has 0 bridgehead atoms. The fourth-order valence-corrected chi connectivity index (χ4v) is 2.32. The number of rotatable bonds is 5. The van der Waals surface area contributed by atoms with E-state index in [4.69, 9.17) is 4.74 Å². The van der Waals surface area contributed by atoms with Gasteiger partial charge >= 0.3 is 0 Å². The summed E-state index contributed by atoms with van der Waals surface area (Å²) in [6.45, 7) is 6.08. The van der Waals surface area contributed by atoms with E-state index in [2.05, 4.69) is 18.8 Å². The number of hydrogen-bond donors (Lipinski definition) is 0. The molecule has 1 aliphatic carbocycles. The number of carbonyl (C=O) groups is 1. The topological polar surface area (TPSA) is 26.3 Å². The average Bonchev–Trinajstić information content (AvgIpc) is 2.47. The van der Waals surface area contributed by atoms with Crippen LogP contribution in [0, 0.1) is 11.8 Å². The van der Waals surface area contributed by atoms with Gasteiger partial charge in [-0.05, 0) is 25.8 Å². The Labute approximate surface area is 127 Å². The summed E-state index contributed by atoms with van der Waals surface area (Å²) in [6, 6.07) is 9.77. The van der Waals surface area contributed by atoms with Crippen LogP contribution in [-0.4, -0.2) is 11.9 Å². The summed E-state index contributed by atoms with van der Waals surface area (Å²) in [6.07, 6.45) is 3.06. The third kappa shape index (κ3) is 3.55. The number of allylic oxidation sites excluding steroid dienone is 2. The maximum Gasteiger partial charge on any atom is 0.189 e. The van der Waals surface area contributed by atoms with Gasteiger partial charge in [0.2, 0.25) is 0 Å². The minimum Gasteiger partial charge on any atom is -0.493 e. The molecule has 2 heteroatoms. The molecule has 0 aromatic heterocycles. The summed E-state index contributed by atoms with van der Waals surface area (Å²) >= 11 is 0. The Balaban J connectivity index is 2.25. The Kier molecular flexibility index (Phi) is 5.22. The van der Waals surface area contributed by atoms with Gasteiger partial charge in [-0.1, -0.05) is 55.5 Å². The maximum absolute atomic E-state index is 12.4. The van der Waals surface area contributed by atoms with Gasteiger partial charge in [0.1, 0.15) is 17.3 Å². The third-order valence-electron chi connectivity index (χ3n) is 3.38. The quantitative estimate of drug-likeness (QED) is 0.597. The molecule has 0 radical (unpaired) electrons. The van der Waals surface area contributed by atoms with Crippen LogP contribution in [0.2, 0.25) is 0 Å². The smallest absolute Gasteiger partial charge is 0.189 e. The lowest BCUT2D eigenvalue weighted by Crippen LogP contribution is -2.31. The number of ketones is 1. The van der Waals surface area contributed by atoms with Crippen molar-refractivity contribution in [1.29, 1.82) is 0 Å². The highest BCUT2D eigenvalue weighted by Gasteiger charge is 2.41. The second kappa shape index (κ2) is 7.13. The van der Waals surface area contributed by atoms with E-state index >= 15 is 0 Å². The Hall–Kier alpha value is -2.01. The van der Waals surface area contributed by atoms with Crippen LogP contribution in [0.25, 0.3) is 0 Å². The zero-order valence-corrected chi connectivity index (χ0v) is 13.0. The van der Waals surface area contributed by atoms with Crippen molar-refractivity contribution in [3.63, 3.8) is 0 Å². The molecule has 0 heterocycles. The van der Waals surface area contributed by atoms with Crippen LogP contribution in [0.5, 0.6) is 0 Å². The molecular formula is C19H22O2. The first kappa shape index (κ1) is 15.4. The highest BCUT2D eigenvalue weighted by Crippen LogP contribution is 2.40. The first-order valence-corrected chi connectivity index (χ1v) is 7.64. The fourth-order valence-electron chi connectivity index (χ4n) is 2.32. The van der Waals surface area contributed by atoms with Crippen LogP contribution >= 0.6 is 0 Å². The number of carbonyl (C=O) groups excluding carboxylic acids is 1. The van der Waals surface area contributed by atoms with Gasteiger partial charge in [0.05, 0.1) is 6.10 Å². The molecule has 1 atom stereocenters. The number of unbranched alkanes of at least 4 members (excludes halogenated alkanes) is 2. The van der Waals surface area contributed by atoms with E-state index in [0.29, 0.717) is 5.57 Å². The summed E-state index contributed by atoms with van der Waals surface area (Å²) in [7, 11) is 0. The SMILES string of the molecule is CCCCC#CC1=C(OC(C)C)C(c2ccccc2)C1=O. The Morgan fingerprint density at radius 1 is 1.24 bits per heavy atom. The van der Waals surface area contributed by atoms with Crippen molar-refractivity contribution >= 4 is 5.78 Å². The molecule has 110 valence electrons. The molecule has 0 saturated carbocycles. The second-order valence-electron chi connectivity index (χ2n) is 5.52. The normalized spacial score (nSPS) is 17.3. The Bertz CT molecular complexity index is 585. The van der Waals surface area contributed by atoms with Crippen LogP contribution in [0.4, 0.5) is 0 Å². The van der Waals surface area contributed by atoms with Gasteiger partial charge in [0.15, 0.2) is 5.78 Å². The van der Waals surface area contributed by atoms with E-state index < -0.39 is 0 Å². The second-order valence-corrected chi connectivity index (χ2v) is 5.52. The highest BCUT2D eigenvalue weighted by atomic mass is 16.5. The molecule has 2 rings (SSSR count). The summed E-state index contributed by atoms with van der Waals surface area (Å²) < 4.78 is 5.85. The Morgan fingerprint density at radius 2 is 1.95 bits per heavy atom. The molecule has 0 aliphatic heterocycles. The molecule has 0 N–H and O–H groups in total. The van der Waals surface area contributed by atoms with Gasteiger partial charge in [-0.25, -0.2) is 0 Å². The van der Waals surface area contributed by atoms with Crippen LogP contribution in [-0.2, 0) is 9.53 Å². The number of Topliss-reactive ketones (excluding diaryl/α,β-unsaturated/α-hetero) is 1. The standard InChI is InChI=1S/C19H22O2/c1-4-5-6-10-13-16-18(20)17(19(16)21-14(2)3)15-11-8-7-9-12-15/h7-9,11-12,14,17H,4-6H2,1-3H3. The zero-order chi connectivity index (χ0) is 15.2. The van der Waals surface area contributed by atoms with Crippen molar-refractivity contribution < 1.29 is 9.53 Å². The largest absolute Gasteiger partial charge is 0.493 e. The summed E-state index contributed by atoms with van der Waals surface area (Å²) in [4.78, 5) is 12.4. The van der Waals surface area contributed by atoms with Crippen LogP contribution < -0.4 is 0 Å². The molecule has 0 amide bonds. The lowest BCUT2D eigenvalue weighted by atomic mass is 9.77. The van der Waals surface area contributed by atoms with Crippen molar-refractivity contribution in [3.8, 4) is 11.8 Å². The number of hydrogen-bond acceptors (Lipinski definition) is 2. The van der Waals surface area contributed by atoms with Crippen LogP contribution in [0.3, 0.4) is 0 Å². The number of ether oxygens (including phenoxy) is 1. The average molecular weight is 282 g/mol. The third-order valence-corrected chi connectivity index (χ3v) is 3.38. The number of benzene rings is 1.